The summed E-state index contributed by atoms with van der Waals surface area (Å²) in [6.07, 6.45) is 9.96. The van der Waals surface area contributed by atoms with E-state index in [9.17, 15) is 14.7 Å². The lowest BCUT2D eigenvalue weighted by molar-refractivity contribution is -0.160. The number of hydrogen-bond acceptors (Lipinski definition) is 4. The number of carbonyl (C=O) groups is 2. The molecule has 0 unspecified atom stereocenters. The van der Waals surface area contributed by atoms with Crippen LogP contribution in [0.15, 0.2) is 11.6 Å². The van der Waals surface area contributed by atoms with Gasteiger partial charge in [0.1, 0.15) is 11.7 Å². The summed E-state index contributed by atoms with van der Waals surface area (Å²) in [4.78, 5) is 23.7. The van der Waals surface area contributed by atoms with Crippen molar-refractivity contribution in [2.24, 2.45) is 28.6 Å². The molecule has 3 fully saturated rings. The predicted octanol–water partition coefficient (Wildman–Crippen LogP) is 4.20. The summed E-state index contributed by atoms with van der Waals surface area (Å²) in [5, 5.41) is 11.2. The number of allylic oxidation sites excluding steroid dienone is 1. The number of carbonyl (C=O) groups excluding carboxylic acids is 2. The van der Waals surface area contributed by atoms with Gasteiger partial charge in [-0.15, -0.1) is 0 Å². The Labute approximate surface area is 162 Å². The van der Waals surface area contributed by atoms with E-state index in [4.69, 9.17) is 4.74 Å². The number of rotatable bonds is 2. The van der Waals surface area contributed by atoms with E-state index in [-0.39, 0.29) is 28.7 Å². The Morgan fingerprint density at radius 3 is 2.44 bits per heavy atom. The van der Waals surface area contributed by atoms with Crippen LogP contribution in [0.2, 0.25) is 0 Å². The van der Waals surface area contributed by atoms with Gasteiger partial charge in [0.25, 0.3) is 0 Å². The second-order valence-electron chi connectivity index (χ2n) is 10.1. The summed E-state index contributed by atoms with van der Waals surface area (Å²) in [6, 6.07) is 0. The highest BCUT2D eigenvalue weighted by Crippen LogP contribution is 2.67. The normalized spacial score (nSPS) is 48.7. The molecule has 4 nitrogen and oxygen atoms in total. The van der Waals surface area contributed by atoms with Crippen LogP contribution < -0.4 is 0 Å². The quantitative estimate of drug-likeness (QED) is 0.581. The molecule has 0 aromatic carbocycles. The van der Waals surface area contributed by atoms with Crippen molar-refractivity contribution >= 4 is 11.8 Å². The van der Waals surface area contributed by atoms with Gasteiger partial charge in [-0.2, -0.15) is 0 Å². The first kappa shape index (κ1) is 19.2. The van der Waals surface area contributed by atoms with Gasteiger partial charge in [-0.05, 0) is 75.0 Å². The maximum absolute atomic E-state index is 12.3. The minimum Gasteiger partial charge on any atom is -0.462 e. The molecule has 0 bridgehead atoms. The number of esters is 1. The number of hydrogen-bond donors (Lipinski definition) is 1. The number of ketones is 1. The van der Waals surface area contributed by atoms with Crippen molar-refractivity contribution in [1.82, 2.24) is 0 Å². The Hall–Kier alpha value is -1.16. The van der Waals surface area contributed by atoms with Gasteiger partial charge in [0, 0.05) is 18.8 Å². The first-order valence-electron chi connectivity index (χ1n) is 10.7. The first-order chi connectivity index (χ1) is 12.6. The van der Waals surface area contributed by atoms with Crippen molar-refractivity contribution < 1.29 is 19.4 Å². The van der Waals surface area contributed by atoms with Crippen LogP contribution in [0, 0.1) is 28.6 Å². The van der Waals surface area contributed by atoms with Crippen LogP contribution in [0.25, 0.3) is 0 Å². The van der Waals surface area contributed by atoms with Crippen LogP contribution in [0.1, 0.15) is 79.1 Å². The van der Waals surface area contributed by atoms with E-state index in [2.05, 4.69) is 19.9 Å². The van der Waals surface area contributed by atoms with Crippen LogP contribution in [0.4, 0.5) is 0 Å². The minimum absolute atomic E-state index is 0.0292. The summed E-state index contributed by atoms with van der Waals surface area (Å²) >= 11 is 0. The van der Waals surface area contributed by atoms with Crippen LogP contribution >= 0.6 is 0 Å². The maximum atomic E-state index is 12.3. The fourth-order valence-electron chi connectivity index (χ4n) is 7.56. The SMILES string of the molecule is CC(=O)O[C@H]1CC[C@@]2(C)C(=CC[C@@H]3[C@H]2CC[C@@]2(C)[C@H]3CC[C@]2(O)C(C)=O)C1. The molecule has 150 valence electrons. The van der Waals surface area contributed by atoms with E-state index in [1.54, 1.807) is 6.92 Å². The van der Waals surface area contributed by atoms with Crippen molar-refractivity contribution in [2.75, 3.05) is 0 Å². The largest absolute Gasteiger partial charge is 0.462 e. The fraction of sp³-hybridized carbons (Fsp3) is 0.826. The molecule has 0 aromatic rings. The molecule has 4 aliphatic carbocycles. The number of Topliss-reactive ketones (excluding diaryl/α,β-unsaturated/α-hetero) is 1. The molecule has 7 atom stereocenters. The third kappa shape index (κ3) is 2.58. The maximum Gasteiger partial charge on any atom is 0.302 e. The topological polar surface area (TPSA) is 63.6 Å². The van der Waals surface area contributed by atoms with E-state index in [1.807, 2.05) is 0 Å². The number of aliphatic hydroxyl groups is 1. The zero-order valence-electron chi connectivity index (χ0n) is 17.2. The molecule has 0 aromatic heterocycles. The molecule has 1 N–H and O–H groups in total. The van der Waals surface area contributed by atoms with Gasteiger partial charge in [-0.1, -0.05) is 25.5 Å². The first-order valence-corrected chi connectivity index (χ1v) is 10.7. The molecule has 0 radical (unpaired) electrons. The number of ether oxygens (including phenoxy) is 1. The molecule has 4 aliphatic rings. The van der Waals surface area contributed by atoms with E-state index in [0.717, 1.165) is 44.9 Å². The lowest BCUT2D eigenvalue weighted by Gasteiger charge is -2.58. The Kier molecular flexibility index (Phi) is 4.38. The van der Waals surface area contributed by atoms with E-state index in [0.29, 0.717) is 24.2 Å². The summed E-state index contributed by atoms with van der Waals surface area (Å²) in [7, 11) is 0. The van der Waals surface area contributed by atoms with Crippen molar-refractivity contribution in [2.45, 2.75) is 90.8 Å². The van der Waals surface area contributed by atoms with E-state index >= 15 is 0 Å². The summed E-state index contributed by atoms with van der Waals surface area (Å²) in [5.74, 6) is 1.36. The summed E-state index contributed by atoms with van der Waals surface area (Å²) in [5.41, 5.74) is 0.235. The highest BCUT2D eigenvalue weighted by Gasteiger charge is 2.65. The van der Waals surface area contributed by atoms with Crippen LogP contribution in [-0.2, 0) is 14.3 Å². The molecule has 4 rings (SSSR count). The van der Waals surface area contributed by atoms with Crippen LogP contribution in [-0.4, -0.2) is 28.6 Å². The van der Waals surface area contributed by atoms with Gasteiger partial charge in [-0.25, -0.2) is 0 Å². The van der Waals surface area contributed by atoms with Crippen LogP contribution in [0.5, 0.6) is 0 Å². The van der Waals surface area contributed by atoms with Gasteiger partial charge in [0.05, 0.1) is 0 Å². The second-order valence-corrected chi connectivity index (χ2v) is 10.1. The summed E-state index contributed by atoms with van der Waals surface area (Å²) in [6.45, 7) is 7.64. The second kappa shape index (κ2) is 6.17. The molecular weight excluding hydrogens is 340 g/mol. The lowest BCUT2D eigenvalue weighted by Crippen LogP contribution is -2.57. The lowest BCUT2D eigenvalue weighted by atomic mass is 9.47. The van der Waals surface area contributed by atoms with Crippen molar-refractivity contribution in [1.29, 1.82) is 0 Å². The third-order valence-corrected chi connectivity index (χ3v) is 9.13. The number of fused-ring (bicyclic) bond motifs is 5. The van der Waals surface area contributed by atoms with Gasteiger partial charge in [0.2, 0.25) is 0 Å². The zero-order chi connectivity index (χ0) is 19.6. The predicted molar refractivity (Wildman–Crippen MR) is 103 cm³/mol. The molecule has 0 aliphatic heterocycles. The zero-order valence-corrected chi connectivity index (χ0v) is 17.2. The monoisotopic (exact) mass is 374 g/mol. The van der Waals surface area contributed by atoms with Gasteiger partial charge >= 0.3 is 5.97 Å². The smallest absolute Gasteiger partial charge is 0.302 e. The van der Waals surface area contributed by atoms with Crippen molar-refractivity contribution in [3.8, 4) is 0 Å². The molecule has 27 heavy (non-hydrogen) atoms. The van der Waals surface area contributed by atoms with Crippen molar-refractivity contribution in [3.05, 3.63) is 11.6 Å². The Balaban J connectivity index is 1.61. The Morgan fingerprint density at radius 2 is 1.78 bits per heavy atom. The fourth-order valence-corrected chi connectivity index (χ4v) is 7.56. The van der Waals surface area contributed by atoms with E-state index in [1.165, 1.54) is 12.5 Å². The van der Waals surface area contributed by atoms with Gasteiger partial charge < -0.3 is 9.84 Å². The average Bonchev–Trinajstić information content (AvgIpc) is 2.87. The average molecular weight is 375 g/mol. The standard InChI is InChI=1S/C23H34O4/c1-14(24)23(26)12-9-20-18-6-5-16-13-17(27-15(2)25)7-10-21(16,3)19(18)8-11-22(20,23)4/h5,17-20,26H,6-13H2,1-4H3/t17-,18+,19+,20-,21-,22-,23-/m0/s1. The summed E-state index contributed by atoms with van der Waals surface area (Å²) < 4.78 is 5.51. The molecule has 0 heterocycles. The van der Waals surface area contributed by atoms with E-state index < -0.39 is 5.60 Å². The molecule has 4 heteroatoms. The molecule has 0 amide bonds. The minimum atomic E-state index is -1.14. The van der Waals surface area contributed by atoms with Gasteiger partial charge in [-0.3, -0.25) is 9.59 Å². The van der Waals surface area contributed by atoms with Crippen molar-refractivity contribution in [3.63, 3.8) is 0 Å². The molecule has 0 saturated heterocycles. The third-order valence-electron chi connectivity index (χ3n) is 9.13. The Morgan fingerprint density at radius 1 is 1.07 bits per heavy atom. The van der Waals surface area contributed by atoms with Crippen LogP contribution in [0.3, 0.4) is 0 Å². The van der Waals surface area contributed by atoms with Gasteiger partial charge in [0.15, 0.2) is 5.78 Å². The molecular formula is C23H34O4. The Bertz CT molecular complexity index is 696. The highest BCUT2D eigenvalue weighted by atomic mass is 16.5. The molecule has 3 saturated carbocycles. The molecule has 0 spiro atoms. The highest BCUT2D eigenvalue weighted by molar-refractivity contribution is 5.86.